The number of halogens is 1. The zero-order valence-electron chi connectivity index (χ0n) is 9.64. The topological polar surface area (TPSA) is 41.1 Å². The second kappa shape index (κ2) is 6.66. The average Bonchev–Trinajstić information content (AvgIpc) is 2.23. The molecule has 1 rings (SSSR count). The van der Waals surface area contributed by atoms with Gasteiger partial charge in [0.25, 0.3) is 0 Å². The molecule has 88 valence electrons. The molecule has 0 bridgehead atoms. The predicted molar refractivity (Wildman–Crippen MR) is 70.7 cm³/mol. The van der Waals surface area contributed by atoms with Gasteiger partial charge in [-0.15, -0.1) is 0 Å². The van der Waals surface area contributed by atoms with Crippen LogP contribution < -0.4 is 10.6 Å². The van der Waals surface area contributed by atoms with Gasteiger partial charge in [-0.2, -0.15) is 0 Å². The first-order chi connectivity index (χ1) is 7.63. The third kappa shape index (κ3) is 4.33. The molecule has 4 heteroatoms. The number of carbonyl (C=O) groups is 1. The minimum Gasteiger partial charge on any atom is -0.325 e. The van der Waals surface area contributed by atoms with Crippen molar-refractivity contribution in [2.75, 3.05) is 18.9 Å². The van der Waals surface area contributed by atoms with Crippen LogP contribution in [0.4, 0.5) is 5.69 Å². The van der Waals surface area contributed by atoms with E-state index in [4.69, 9.17) is 0 Å². The van der Waals surface area contributed by atoms with E-state index in [0.29, 0.717) is 6.42 Å². The first-order valence-corrected chi connectivity index (χ1v) is 6.13. The van der Waals surface area contributed by atoms with Crippen LogP contribution in [0.1, 0.15) is 18.4 Å². The normalized spacial score (nSPS) is 10.2. The fraction of sp³-hybridized carbons (Fsp3) is 0.417. The summed E-state index contributed by atoms with van der Waals surface area (Å²) in [5.41, 5.74) is 2.00. The molecule has 1 amide bonds. The highest BCUT2D eigenvalue weighted by Gasteiger charge is 2.04. The van der Waals surface area contributed by atoms with Crippen molar-refractivity contribution in [1.82, 2.24) is 5.32 Å². The van der Waals surface area contributed by atoms with E-state index in [9.17, 15) is 4.79 Å². The molecule has 0 spiro atoms. The quantitative estimate of drug-likeness (QED) is 0.817. The van der Waals surface area contributed by atoms with Gasteiger partial charge in [0.1, 0.15) is 0 Å². The number of hydrogen-bond acceptors (Lipinski definition) is 2. The summed E-state index contributed by atoms with van der Waals surface area (Å²) in [4.78, 5) is 11.6. The van der Waals surface area contributed by atoms with E-state index in [1.165, 1.54) is 5.56 Å². The maximum Gasteiger partial charge on any atom is 0.224 e. The average molecular weight is 285 g/mol. The lowest BCUT2D eigenvalue weighted by atomic mass is 10.2. The van der Waals surface area contributed by atoms with Gasteiger partial charge >= 0.3 is 0 Å². The van der Waals surface area contributed by atoms with Crippen molar-refractivity contribution in [3.63, 3.8) is 0 Å². The molecular formula is C12H17BrN2O. The lowest BCUT2D eigenvalue weighted by Gasteiger charge is -2.07. The molecule has 0 aliphatic rings. The van der Waals surface area contributed by atoms with E-state index < -0.39 is 0 Å². The summed E-state index contributed by atoms with van der Waals surface area (Å²) in [6, 6.07) is 5.88. The van der Waals surface area contributed by atoms with E-state index in [2.05, 4.69) is 26.6 Å². The van der Waals surface area contributed by atoms with Gasteiger partial charge in [0.05, 0.1) is 5.69 Å². The van der Waals surface area contributed by atoms with Gasteiger partial charge in [0, 0.05) is 10.9 Å². The van der Waals surface area contributed by atoms with E-state index in [1.807, 2.05) is 32.2 Å². The molecule has 2 N–H and O–H groups in total. The van der Waals surface area contributed by atoms with Crippen LogP contribution in [-0.2, 0) is 4.79 Å². The van der Waals surface area contributed by atoms with E-state index in [1.54, 1.807) is 0 Å². The van der Waals surface area contributed by atoms with Gasteiger partial charge in [0.15, 0.2) is 0 Å². The summed E-state index contributed by atoms with van der Waals surface area (Å²) in [6.07, 6.45) is 1.40. The number of benzene rings is 1. The number of rotatable bonds is 5. The van der Waals surface area contributed by atoms with Gasteiger partial charge in [-0.1, -0.05) is 6.07 Å². The molecular weight excluding hydrogens is 268 g/mol. The van der Waals surface area contributed by atoms with Crippen molar-refractivity contribution < 1.29 is 4.79 Å². The monoisotopic (exact) mass is 284 g/mol. The zero-order valence-corrected chi connectivity index (χ0v) is 11.2. The molecule has 0 heterocycles. The summed E-state index contributed by atoms with van der Waals surface area (Å²) in [5.74, 6) is 0.0554. The van der Waals surface area contributed by atoms with Crippen LogP contribution in [0.15, 0.2) is 22.7 Å². The van der Waals surface area contributed by atoms with Crippen LogP contribution in [0.2, 0.25) is 0 Å². The molecule has 0 saturated carbocycles. The van der Waals surface area contributed by atoms with Crippen molar-refractivity contribution in [1.29, 1.82) is 0 Å². The van der Waals surface area contributed by atoms with Crippen LogP contribution in [0.3, 0.4) is 0 Å². The molecule has 0 atom stereocenters. The molecule has 3 nitrogen and oxygen atoms in total. The molecule has 1 aromatic rings. The maximum atomic E-state index is 11.6. The second-order valence-electron chi connectivity index (χ2n) is 3.74. The van der Waals surface area contributed by atoms with E-state index in [0.717, 1.165) is 23.1 Å². The van der Waals surface area contributed by atoms with Crippen molar-refractivity contribution in [2.45, 2.75) is 19.8 Å². The molecule has 0 aliphatic heterocycles. The fourth-order valence-corrected chi connectivity index (χ4v) is 1.95. The Morgan fingerprint density at radius 3 is 2.81 bits per heavy atom. The molecule has 1 aromatic carbocycles. The fourth-order valence-electron chi connectivity index (χ4n) is 1.36. The van der Waals surface area contributed by atoms with Crippen LogP contribution in [0.25, 0.3) is 0 Å². The summed E-state index contributed by atoms with van der Waals surface area (Å²) in [6.45, 7) is 2.88. The van der Waals surface area contributed by atoms with Crippen molar-refractivity contribution in [3.05, 3.63) is 28.2 Å². The maximum absolute atomic E-state index is 11.6. The zero-order chi connectivity index (χ0) is 12.0. The van der Waals surface area contributed by atoms with Gasteiger partial charge in [-0.25, -0.2) is 0 Å². The number of aryl methyl sites for hydroxylation is 1. The highest BCUT2D eigenvalue weighted by molar-refractivity contribution is 9.10. The second-order valence-corrected chi connectivity index (χ2v) is 4.59. The molecule has 0 fully saturated rings. The standard InChI is InChI=1S/C12H17BrN2O/c1-9-5-6-11(10(13)8-9)15-12(16)4-3-7-14-2/h5-6,8,14H,3-4,7H2,1-2H3,(H,15,16). The van der Waals surface area contributed by atoms with Crippen molar-refractivity contribution in [2.24, 2.45) is 0 Å². The van der Waals surface area contributed by atoms with Gasteiger partial charge in [-0.3, -0.25) is 4.79 Å². The Bertz CT molecular complexity index is 366. The van der Waals surface area contributed by atoms with Crippen LogP contribution in [0, 0.1) is 6.92 Å². The Balaban J connectivity index is 2.49. The highest BCUT2D eigenvalue weighted by atomic mass is 79.9. The first kappa shape index (κ1) is 13.2. The van der Waals surface area contributed by atoms with Crippen LogP contribution in [0.5, 0.6) is 0 Å². The van der Waals surface area contributed by atoms with E-state index >= 15 is 0 Å². The molecule has 0 unspecified atom stereocenters. The lowest BCUT2D eigenvalue weighted by molar-refractivity contribution is -0.116. The summed E-state index contributed by atoms with van der Waals surface area (Å²) < 4.78 is 0.925. The highest BCUT2D eigenvalue weighted by Crippen LogP contribution is 2.23. The third-order valence-corrected chi connectivity index (χ3v) is 2.89. The minimum atomic E-state index is 0.0554. The summed E-state index contributed by atoms with van der Waals surface area (Å²) in [7, 11) is 1.88. The molecule has 0 radical (unpaired) electrons. The van der Waals surface area contributed by atoms with Crippen molar-refractivity contribution in [3.8, 4) is 0 Å². The number of anilines is 1. The third-order valence-electron chi connectivity index (χ3n) is 2.23. The Morgan fingerprint density at radius 1 is 1.44 bits per heavy atom. The van der Waals surface area contributed by atoms with E-state index in [-0.39, 0.29) is 5.91 Å². The molecule has 0 saturated heterocycles. The van der Waals surface area contributed by atoms with Crippen LogP contribution in [-0.4, -0.2) is 19.5 Å². The summed E-state index contributed by atoms with van der Waals surface area (Å²) >= 11 is 3.43. The Labute approximate surface area is 105 Å². The Hall–Kier alpha value is -0.870. The molecule has 0 aliphatic carbocycles. The van der Waals surface area contributed by atoms with Crippen molar-refractivity contribution >= 4 is 27.5 Å². The smallest absolute Gasteiger partial charge is 0.224 e. The Morgan fingerprint density at radius 2 is 2.19 bits per heavy atom. The number of nitrogens with one attached hydrogen (secondary N) is 2. The number of carbonyl (C=O) groups excluding carboxylic acids is 1. The molecule has 16 heavy (non-hydrogen) atoms. The Kier molecular flexibility index (Phi) is 5.49. The SMILES string of the molecule is CNCCCC(=O)Nc1ccc(C)cc1Br. The lowest BCUT2D eigenvalue weighted by Crippen LogP contribution is -2.15. The van der Waals surface area contributed by atoms with Gasteiger partial charge < -0.3 is 10.6 Å². The predicted octanol–water partition coefficient (Wildman–Crippen LogP) is 2.70. The minimum absolute atomic E-state index is 0.0554. The number of amides is 1. The summed E-state index contributed by atoms with van der Waals surface area (Å²) in [5, 5.41) is 5.90. The molecule has 0 aromatic heterocycles. The largest absolute Gasteiger partial charge is 0.325 e. The van der Waals surface area contributed by atoms with Crippen LogP contribution >= 0.6 is 15.9 Å². The van der Waals surface area contributed by atoms with Gasteiger partial charge in [0.2, 0.25) is 5.91 Å². The number of hydrogen-bond donors (Lipinski definition) is 2. The van der Waals surface area contributed by atoms with Gasteiger partial charge in [-0.05, 0) is 60.6 Å². The first-order valence-electron chi connectivity index (χ1n) is 5.34.